The number of nitrogens with one attached hydrogen (secondary N) is 2. The maximum atomic E-state index is 12.2. The number of carbonyl (C=O) groups is 1. The number of fused-ring (bicyclic) bond motifs is 1. The monoisotopic (exact) mass is 331 g/mol. The third kappa shape index (κ3) is 2.79. The molecule has 2 aliphatic rings. The van der Waals surface area contributed by atoms with Crippen LogP contribution in [-0.4, -0.2) is 20.8 Å². The zero-order chi connectivity index (χ0) is 15.9. The Labute approximate surface area is 139 Å². The summed E-state index contributed by atoms with van der Waals surface area (Å²) in [7, 11) is 0. The molecule has 0 spiro atoms. The summed E-state index contributed by atoms with van der Waals surface area (Å²) >= 11 is 6.05. The van der Waals surface area contributed by atoms with E-state index in [0.717, 1.165) is 49.4 Å². The van der Waals surface area contributed by atoms with E-state index in [-0.39, 0.29) is 11.6 Å². The number of aromatic nitrogens is 3. The maximum Gasteiger partial charge on any atom is 0.315 e. The zero-order valence-corrected chi connectivity index (χ0v) is 13.4. The second kappa shape index (κ2) is 5.53. The molecule has 0 saturated heterocycles. The molecule has 0 atom stereocenters. The van der Waals surface area contributed by atoms with Crippen LogP contribution in [0.4, 0.5) is 4.79 Å². The lowest BCUT2D eigenvalue weighted by atomic mass is 10.1. The summed E-state index contributed by atoms with van der Waals surface area (Å²) in [6, 6.07) is 7.49. The van der Waals surface area contributed by atoms with Crippen molar-refractivity contribution in [1.29, 1.82) is 0 Å². The summed E-state index contributed by atoms with van der Waals surface area (Å²) in [5.74, 6) is 1.83. The van der Waals surface area contributed by atoms with Crippen molar-refractivity contribution >= 4 is 17.6 Å². The van der Waals surface area contributed by atoms with E-state index in [1.54, 1.807) is 0 Å². The molecule has 1 aliphatic heterocycles. The number of hydrogen-bond acceptors (Lipinski definition) is 3. The number of benzene rings is 1. The average molecular weight is 332 g/mol. The fourth-order valence-electron chi connectivity index (χ4n) is 3.16. The van der Waals surface area contributed by atoms with Crippen molar-refractivity contribution in [2.45, 2.75) is 44.3 Å². The molecule has 2 aromatic rings. The lowest BCUT2D eigenvalue weighted by Crippen LogP contribution is -2.42. The fraction of sp³-hybridized carbons (Fsp3) is 0.438. The summed E-state index contributed by atoms with van der Waals surface area (Å²) in [6.07, 6.45) is 3.93. The molecule has 0 bridgehead atoms. The van der Waals surface area contributed by atoms with Crippen LogP contribution in [0.2, 0.25) is 5.02 Å². The van der Waals surface area contributed by atoms with Crippen molar-refractivity contribution in [1.82, 2.24) is 25.4 Å². The van der Waals surface area contributed by atoms with Gasteiger partial charge < -0.3 is 15.2 Å². The Bertz CT molecular complexity index is 753. The highest BCUT2D eigenvalue weighted by atomic mass is 35.5. The molecule has 120 valence electrons. The Balaban J connectivity index is 1.38. The van der Waals surface area contributed by atoms with Crippen LogP contribution in [0.3, 0.4) is 0 Å². The molecular weight excluding hydrogens is 314 g/mol. The first-order chi connectivity index (χ1) is 11.2. The Kier molecular flexibility index (Phi) is 3.49. The molecule has 7 heteroatoms. The summed E-state index contributed by atoms with van der Waals surface area (Å²) in [5.41, 5.74) is 0.783. The number of carbonyl (C=O) groups excluding carboxylic acids is 1. The number of nitrogens with zero attached hydrogens (tertiary/aromatic N) is 3. The molecule has 2 amide bonds. The molecule has 2 N–H and O–H groups in total. The van der Waals surface area contributed by atoms with E-state index in [2.05, 4.69) is 25.4 Å². The molecule has 0 unspecified atom stereocenters. The lowest BCUT2D eigenvalue weighted by molar-refractivity contribution is 0.235. The molecule has 6 nitrogen and oxygen atoms in total. The van der Waals surface area contributed by atoms with Gasteiger partial charge in [-0.15, -0.1) is 10.2 Å². The van der Waals surface area contributed by atoms with E-state index in [0.29, 0.717) is 11.6 Å². The number of halogens is 1. The highest BCUT2D eigenvalue weighted by molar-refractivity contribution is 6.30. The standard InChI is InChI=1S/C16H18ClN5O/c17-12-4-1-3-11(9-12)16(6-7-16)19-15(23)18-10-14-21-20-13-5-2-8-22(13)14/h1,3-4,9H,2,5-8,10H2,(H2,18,19,23). The van der Waals surface area contributed by atoms with Gasteiger partial charge in [0.1, 0.15) is 5.82 Å². The normalized spacial score (nSPS) is 17.6. The minimum Gasteiger partial charge on any atom is -0.331 e. The van der Waals surface area contributed by atoms with Gasteiger partial charge in [0.2, 0.25) is 0 Å². The summed E-state index contributed by atoms with van der Waals surface area (Å²) < 4.78 is 2.09. The smallest absolute Gasteiger partial charge is 0.315 e. The third-order valence-corrected chi connectivity index (χ3v) is 4.81. The first-order valence-corrected chi connectivity index (χ1v) is 8.27. The van der Waals surface area contributed by atoms with E-state index in [4.69, 9.17) is 11.6 Å². The predicted octanol–water partition coefficient (Wildman–Crippen LogP) is 2.37. The van der Waals surface area contributed by atoms with Crippen LogP contribution in [0.5, 0.6) is 0 Å². The molecule has 1 aromatic heterocycles. The Morgan fingerprint density at radius 3 is 3.00 bits per heavy atom. The van der Waals surface area contributed by atoms with Gasteiger partial charge in [-0.2, -0.15) is 0 Å². The van der Waals surface area contributed by atoms with Gasteiger partial charge in [-0.1, -0.05) is 23.7 Å². The topological polar surface area (TPSA) is 71.8 Å². The number of urea groups is 1. The fourth-order valence-corrected chi connectivity index (χ4v) is 3.35. The van der Waals surface area contributed by atoms with Crippen LogP contribution in [0, 0.1) is 0 Å². The molecule has 1 fully saturated rings. The minimum atomic E-state index is -0.276. The Morgan fingerprint density at radius 2 is 2.22 bits per heavy atom. The number of rotatable bonds is 4. The van der Waals surface area contributed by atoms with E-state index < -0.39 is 0 Å². The Morgan fingerprint density at radius 1 is 1.35 bits per heavy atom. The van der Waals surface area contributed by atoms with Crippen molar-refractivity contribution in [3.63, 3.8) is 0 Å². The molecule has 1 aromatic carbocycles. The molecule has 1 saturated carbocycles. The molecule has 2 heterocycles. The average Bonchev–Trinajstić information content (AvgIpc) is 2.99. The summed E-state index contributed by atoms with van der Waals surface area (Å²) in [4.78, 5) is 12.2. The second-order valence-corrected chi connectivity index (χ2v) is 6.62. The highest BCUT2D eigenvalue weighted by Gasteiger charge is 2.45. The van der Waals surface area contributed by atoms with Gasteiger partial charge >= 0.3 is 6.03 Å². The van der Waals surface area contributed by atoms with Crippen molar-refractivity contribution in [3.05, 3.63) is 46.5 Å². The van der Waals surface area contributed by atoms with Gasteiger partial charge in [0.25, 0.3) is 0 Å². The first kappa shape index (κ1) is 14.5. The lowest BCUT2D eigenvalue weighted by Gasteiger charge is -2.18. The molecule has 0 radical (unpaired) electrons. The predicted molar refractivity (Wildman–Crippen MR) is 86.1 cm³/mol. The first-order valence-electron chi connectivity index (χ1n) is 7.89. The molecular formula is C16H18ClN5O. The van der Waals surface area contributed by atoms with Crippen LogP contribution < -0.4 is 10.6 Å². The van der Waals surface area contributed by atoms with Gasteiger partial charge in [-0.25, -0.2) is 4.79 Å². The van der Waals surface area contributed by atoms with Crippen molar-refractivity contribution in [3.8, 4) is 0 Å². The SMILES string of the molecule is O=C(NCc1nnc2n1CCC2)NC1(c2cccc(Cl)c2)CC1. The molecule has 1 aliphatic carbocycles. The zero-order valence-electron chi connectivity index (χ0n) is 12.7. The van der Waals surface area contributed by atoms with Gasteiger partial charge in [0, 0.05) is 18.0 Å². The molecule has 4 rings (SSSR count). The van der Waals surface area contributed by atoms with Gasteiger partial charge in [0.15, 0.2) is 5.82 Å². The minimum absolute atomic E-state index is 0.183. The van der Waals surface area contributed by atoms with Crippen molar-refractivity contribution in [2.75, 3.05) is 0 Å². The number of amides is 2. The number of aryl methyl sites for hydroxylation is 1. The van der Waals surface area contributed by atoms with Crippen LogP contribution in [0.25, 0.3) is 0 Å². The van der Waals surface area contributed by atoms with Crippen molar-refractivity contribution < 1.29 is 4.79 Å². The quantitative estimate of drug-likeness (QED) is 0.903. The van der Waals surface area contributed by atoms with Crippen LogP contribution >= 0.6 is 11.6 Å². The largest absolute Gasteiger partial charge is 0.331 e. The summed E-state index contributed by atoms with van der Waals surface area (Å²) in [6.45, 7) is 1.33. The third-order valence-electron chi connectivity index (χ3n) is 4.57. The number of hydrogen-bond donors (Lipinski definition) is 2. The van der Waals surface area contributed by atoms with Gasteiger partial charge in [-0.05, 0) is 37.0 Å². The van der Waals surface area contributed by atoms with E-state index in [1.165, 1.54) is 0 Å². The highest BCUT2D eigenvalue weighted by Crippen LogP contribution is 2.45. The van der Waals surface area contributed by atoms with E-state index in [9.17, 15) is 4.79 Å². The van der Waals surface area contributed by atoms with Crippen LogP contribution in [0.1, 0.15) is 36.5 Å². The second-order valence-electron chi connectivity index (χ2n) is 6.19. The molecule has 23 heavy (non-hydrogen) atoms. The van der Waals surface area contributed by atoms with Gasteiger partial charge in [-0.3, -0.25) is 0 Å². The maximum absolute atomic E-state index is 12.2. The van der Waals surface area contributed by atoms with E-state index >= 15 is 0 Å². The van der Waals surface area contributed by atoms with Crippen LogP contribution in [0.15, 0.2) is 24.3 Å². The van der Waals surface area contributed by atoms with Crippen LogP contribution in [-0.2, 0) is 25.0 Å². The Hall–Kier alpha value is -2.08. The van der Waals surface area contributed by atoms with Crippen molar-refractivity contribution in [2.24, 2.45) is 0 Å². The summed E-state index contributed by atoms with van der Waals surface area (Å²) in [5, 5.41) is 14.9. The van der Waals surface area contributed by atoms with E-state index in [1.807, 2.05) is 24.3 Å². The van der Waals surface area contributed by atoms with Gasteiger partial charge in [0.05, 0.1) is 12.1 Å².